The van der Waals surface area contributed by atoms with Crippen molar-refractivity contribution >= 4 is 25.1 Å². The number of aliphatic hydroxyl groups excluding tert-OH is 1. The van der Waals surface area contributed by atoms with Crippen LogP contribution in [0.5, 0.6) is 0 Å². The third-order valence-electron chi connectivity index (χ3n) is 5.23. The van der Waals surface area contributed by atoms with Crippen LogP contribution >= 0.6 is 20.0 Å². The van der Waals surface area contributed by atoms with Crippen molar-refractivity contribution in [2.45, 2.75) is 58.2 Å². The summed E-state index contributed by atoms with van der Waals surface area (Å²) in [6.45, 7) is 6.54. The number of aliphatic hydroxyl groups is 2. The second kappa shape index (κ2) is 10.5. The van der Waals surface area contributed by atoms with E-state index in [1.165, 1.54) is 6.92 Å². The third-order valence-corrected chi connectivity index (χ3v) is 7.17. The molecule has 0 spiro atoms. The number of ether oxygens (including phenoxy) is 1. The van der Waals surface area contributed by atoms with Crippen LogP contribution in [-0.4, -0.2) is 61.7 Å². The molecule has 0 amide bonds. The summed E-state index contributed by atoms with van der Waals surface area (Å²) in [5.41, 5.74) is -3.71. The van der Waals surface area contributed by atoms with E-state index in [9.17, 15) is 29.2 Å². The zero-order valence-corrected chi connectivity index (χ0v) is 19.5. The van der Waals surface area contributed by atoms with E-state index in [-0.39, 0.29) is 18.3 Å². The molecular formula is C18H28N2O9PS+. The molecule has 0 saturated carbocycles. The molecule has 0 aromatic carbocycles. The molecule has 11 nitrogen and oxygen atoms in total. The molecule has 1 saturated heterocycles. The topological polar surface area (TPSA) is 157 Å². The number of H-pyrrole nitrogens is 1. The lowest BCUT2D eigenvalue weighted by Gasteiger charge is -2.25. The van der Waals surface area contributed by atoms with Crippen LogP contribution in [-0.2, 0) is 23.1 Å². The zero-order chi connectivity index (χ0) is 23.4. The molecule has 1 aliphatic heterocycles. The van der Waals surface area contributed by atoms with Gasteiger partial charge in [-0.1, -0.05) is 32.5 Å². The molecule has 13 heteroatoms. The Morgan fingerprint density at radius 1 is 1.42 bits per heavy atom. The third kappa shape index (κ3) is 6.32. The number of nitrogens with one attached hydrogen (secondary N) is 1. The van der Waals surface area contributed by atoms with Gasteiger partial charge in [0.25, 0.3) is 5.56 Å². The highest BCUT2D eigenvalue weighted by molar-refractivity contribution is 8.13. The van der Waals surface area contributed by atoms with Crippen LogP contribution in [0.2, 0.25) is 0 Å². The lowest BCUT2D eigenvalue weighted by molar-refractivity contribution is -0.118. The molecule has 3 N–H and O–H groups in total. The molecule has 1 aromatic heterocycles. The van der Waals surface area contributed by atoms with Gasteiger partial charge in [-0.2, -0.15) is 0 Å². The van der Waals surface area contributed by atoms with E-state index >= 15 is 0 Å². The van der Waals surface area contributed by atoms with Gasteiger partial charge in [-0.15, -0.1) is 9.05 Å². The van der Waals surface area contributed by atoms with E-state index in [0.29, 0.717) is 12.2 Å². The fraction of sp³-hybridized carbons (Fsp3) is 0.722. The molecule has 5 atom stereocenters. The van der Waals surface area contributed by atoms with E-state index in [4.69, 9.17) is 13.8 Å². The van der Waals surface area contributed by atoms with Gasteiger partial charge in [0.1, 0.15) is 31.0 Å². The molecule has 31 heavy (non-hydrogen) atoms. The van der Waals surface area contributed by atoms with Gasteiger partial charge in [-0.25, -0.2) is 4.79 Å². The summed E-state index contributed by atoms with van der Waals surface area (Å²) in [6.07, 6.45) is -2.09. The zero-order valence-electron chi connectivity index (χ0n) is 17.8. The highest BCUT2D eigenvalue weighted by Gasteiger charge is 2.54. The largest absolute Gasteiger partial charge is 0.697 e. The van der Waals surface area contributed by atoms with E-state index in [1.54, 1.807) is 0 Å². The van der Waals surface area contributed by atoms with Crippen LogP contribution < -0.4 is 11.2 Å². The van der Waals surface area contributed by atoms with Gasteiger partial charge in [0, 0.05) is 28.0 Å². The number of rotatable bonds is 10. The highest BCUT2D eigenvalue weighted by atomic mass is 32.2. The van der Waals surface area contributed by atoms with E-state index in [1.807, 2.05) is 25.8 Å². The lowest BCUT2D eigenvalue weighted by Crippen LogP contribution is -2.47. The van der Waals surface area contributed by atoms with Crippen LogP contribution in [0.4, 0.5) is 0 Å². The maximum atomic E-state index is 12.0. The molecule has 0 aliphatic carbocycles. The first-order valence-corrected chi connectivity index (χ1v) is 11.8. The second-order valence-corrected chi connectivity index (χ2v) is 9.96. The average Bonchev–Trinajstić information content (AvgIpc) is 2.92. The second-order valence-electron chi connectivity index (χ2n) is 7.93. The quantitative estimate of drug-likeness (QED) is 0.326. The van der Waals surface area contributed by atoms with Gasteiger partial charge in [0.15, 0.2) is 11.3 Å². The van der Waals surface area contributed by atoms with Crippen LogP contribution in [0.15, 0.2) is 21.9 Å². The lowest BCUT2D eigenvalue weighted by atomic mass is 9.92. The SMILES string of the molecule is CCC(C)(C)C(=O)SCCO[P+](=O)OC[C@H]1O[C@@H](n2ccc(=O)[nH]c2=O)[C@@H](O)C1(C)O. The van der Waals surface area contributed by atoms with Crippen molar-refractivity contribution in [3.05, 3.63) is 33.1 Å². The summed E-state index contributed by atoms with van der Waals surface area (Å²) in [7, 11) is -2.56. The van der Waals surface area contributed by atoms with Crippen LogP contribution in [0, 0.1) is 5.41 Å². The van der Waals surface area contributed by atoms with Gasteiger partial charge in [0.05, 0.1) is 0 Å². The minimum absolute atomic E-state index is 0.0164. The molecule has 1 aliphatic rings. The Labute approximate surface area is 184 Å². The number of hydrogen-bond donors (Lipinski definition) is 3. The molecular weight excluding hydrogens is 451 g/mol. The molecule has 1 aromatic rings. The van der Waals surface area contributed by atoms with Crippen molar-refractivity contribution in [3.8, 4) is 0 Å². The number of aromatic amines is 1. The maximum absolute atomic E-state index is 12.0. The van der Waals surface area contributed by atoms with Crippen LogP contribution in [0.25, 0.3) is 0 Å². The number of nitrogens with zero attached hydrogens (tertiary/aromatic N) is 1. The van der Waals surface area contributed by atoms with E-state index in [0.717, 1.165) is 28.6 Å². The Kier molecular flexibility index (Phi) is 8.74. The average molecular weight is 479 g/mol. The smallest absolute Gasteiger partial charge is 0.385 e. The number of carbonyl (C=O) groups excluding carboxylic acids is 1. The van der Waals surface area contributed by atoms with E-state index < -0.39 is 49.0 Å². The maximum Gasteiger partial charge on any atom is 0.697 e. The molecule has 174 valence electrons. The van der Waals surface area contributed by atoms with Gasteiger partial charge < -0.3 is 14.9 Å². The van der Waals surface area contributed by atoms with Crippen molar-refractivity contribution in [1.82, 2.24) is 9.55 Å². The number of hydrogen-bond acceptors (Lipinski definition) is 10. The number of carbonyl (C=O) groups is 1. The monoisotopic (exact) mass is 479 g/mol. The van der Waals surface area contributed by atoms with Crippen molar-refractivity contribution in [2.24, 2.45) is 5.41 Å². The molecule has 2 heterocycles. The van der Waals surface area contributed by atoms with Gasteiger partial charge in [-0.05, 0) is 13.3 Å². The normalized spacial score (nSPS) is 26.8. The van der Waals surface area contributed by atoms with Crippen molar-refractivity contribution in [1.29, 1.82) is 0 Å². The first kappa shape index (κ1) is 25.9. The molecule has 1 fully saturated rings. The Morgan fingerprint density at radius 3 is 2.71 bits per heavy atom. The minimum atomic E-state index is -2.56. The number of aromatic nitrogens is 2. The van der Waals surface area contributed by atoms with Gasteiger partial charge in [0.2, 0.25) is 0 Å². The number of thioether (sulfide) groups is 1. The predicted octanol–water partition coefficient (Wildman–Crippen LogP) is 0.932. The summed E-state index contributed by atoms with van der Waals surface area (Å²) in [4.78, 5) is 37.2. The van der Waals surface area contributed by atoms with Crippen molar-refractivity contribution in [3.63, 3.8) is 0 Å². The summed E-state index contributed by atoms with van der Waals surface area (Å²) in [5.74, 6) is 0.306. The fourth-order valence-electron chi connectivity index (χ4n) is 2.66. The van der Waals surface area contributed by atoms with Crippen LogP contribution in [0.3, 0.4) is 0 Å². The molecule has 2 unspecified atom stereocenters. The predicted molar refractivity (Wildman–Crippen MR) is 113 cm³/mol. The Bertz CT molecular complexity index is 914. The first-order chi connectivity index (χ1) is 14.4. The Hall–Kier alpha value is -1.40. The molecule has 0 radical (unpaired) electrons. The Balaban J connectivity index is 1.86. The van der Waals surface area contributed by atoms with Crippen molar-refractivity contribution < 1.29 is 33.4 Å². The first-order valence-electron chi connectivity index (χ1n) is 9.68. The molecule has 2 rings (SSSR count). The minimum Gasteiger partial charge on any atom is -0.385 e. The summed E-state index contributed by atoms with van der Waals surface area (Å²) >= 11 is 1.09. The fourth-order valence-corrected chi connectivity index (χ4v) is 4.25. The standard InChI is InChI=1S/C18H27N2O9PS/c1-5-17(2,3)15(23)31-9-8-27-30(26)28-10-11-18(4,25)13(22)14(29-11)20-7-6-12(21)19-16(20)24/h6-7,11,13-14,22,25H,5,8-10H2,1-4H3/p+1/t11-,13-,14-,18?/m1/s1. The van der Waals surface area contributed by atoms with Crippen LogP contribution in [0.1, 0.15) is 40.3 Å². The Morgan fingerprint density at radius 2 is 2.10 bits per heavy atom. The highest BCUT2D eigenvalue weighted by Crippen LogP contribution is 2.38. The summed E-state index contributed by atoms with van der Waals surface area (Å²) in [5, 5.41) is 21.0. The van der Waals surface area contributed by atoms with Gasteiger partial charge >= 0.3 is 13.9 Å². The van der Waals surface area contributed by atoms with Crippen molar-refractivity contribution in [2.75, 3.05) is 19.0 Å². The molecule has 0 bridgehead atoms. The van der Waals surface area contributed by atoms with Gasteiger partial charge in [-0.3, -0.25) is 19.1 Å². The summed E-state index contributed by atoms with van der Waals surface area (Å²) < 4.78 is 28.6. The van der Waals surface area contributed by atoms with E-state index in [2.05, 4.69) is 0 Å². The summed E-state index contributed by atoms with van der Waals surface area (Å²) in [6, 6.07) is 1.07.